The molecular weight excluding hydrogens is 1380 g/mol. The van der Waals surface area contributed by atoms with Gasteiger partial charge in [-0.1, -0.05) is 197 Å². The topological polar surface area (TPSA) is 380 Å². The summed E-state index contributed by atoms with van der Waals surface area (Å²) in [6.07, 6.45) is 24.7. The Kier molecular flexibility index (Phi) is 42.4. The molecule has 1 aliphatic rings. The highest BCUT2D eigenvalue weighted by Gasteiger charge is 2.22. The second kappa shape index (κ2) is 49.2. The molecule has 0 heterocycles. The number of rotatable bonds is 29. The Morgan fingerprint density at radius 2 is 0.692 bits per heavy atom. The second-order valence-corrected chi connectivity index (χ2v) is 26.3. The summed E-state index contributed by atoms with van der Waals surface area (Å²) in [6, 6.07) is 34.6. The molecule has 6 N–H and O–H groups in total. The van der Waals surface area contributed by atoms with E-state index >= 15 is 0 Å². The molecule has 104 heavy (non-hydrogen) atoms. The van der Waals surface area contributed by atoms with Crippen molar-refractivity contribution in [1.29, 1.82) is 0 Å². The van der Waals surface area contributed by atoms with Gasteiger partial charge in [0, 0.05) is 75.0 Å². The first-order valence-corrected chi connectivity index (χ1v) is 35.3. The molecule has 2 atom stereocenters. The maximum atomic E-state index is 11.1. The van der Waals surface area contributed by atoms with Gasteiger partial charge in [-0.2, -0.15) is 0 Å². The molecule has 0 aromatic heterocycles. The third kappa shape index (κ3) is 38.0. The van der Waals surface area contributed by atoms with Gasteiger partial charge in [-0.05, 0) is 149 Å². The van der Waals surface area contributed by atoms with Gasteiger partial charge in [0.1, 0.15) is 34.5 Å². The van der Waals surface area contributed by atoms with Gasteiger partial charge in [0.25, 0.3) is 0 Å². The highest BCUT2D eigenvalue weighted by molar-refractivity contribution is 6.32. The number of nitro groups is 6. The van der Waals surface area contributed by atoms with Crippen LogP contribution in [0, 0.1) is 84.4 Å². The van der Waals surface area contributed by atoms with Crippen molar-refractivity contribution in [1.82, 2.24) is 0 Å². The fraction of sp³-hybridized carbons (Fsp3) is 0.385. The minimum Gasteiger partial charge on any atom is -0.508 e. The molecule has 0 spiro atoms. The van der Waals surface area contributed by atoms with Crippen molar-refractivity contribution in [3.8, 4) is 34.5 Å². The minimum atomic E-state index is -0.396. The summed E-state index contributed by atoms with van der Waals surface area (Å²) in [4.78, 5) is 63.3. The van der Waals surface area contributed by atoms with Gasteiger partial charge in [0.2, 0.25) is 34.2 Å². The number of phenolic OH excluding ortho intramolecular Hbond substituents is 6. The first-order valence-electron chi connectivity index (χ1n) is 34.5. The van der Waals surface area contributed by atoms with Crippen LogP contribution in [-0.4, -0.2) is 60.2 Å². The maximum absolute atomic E-state index is 11.1. The van der Waals surface area contributed by atoms with Crippen molar-refractivity contribution in [2.75, 3.05) is 0 Å². The van der Waals surface area contributed by atoms with E-state index in [0.717, 1.165) is 80.0 Å². The summed E-state index contributed by atoms with van der Waals surface area (Å²) in [7, 11) is 0. The average molecular weight is 1480 g/mol. The SMILES string of the molecule is CC(C)C/C(=C\c1ccc(O)c(Cl)c1)[N+](=O)[O-].CC/C(=C\c1ccc(O)cc1)[N+](=O)[O-].CCCC(C)C/C(=C\c1ccc(O)c(Cl)c1)[N+](=O)[O-].CCCC(C)C/C(=C\c1ccc(O)cc1)[N+](=O)[O-].CCCCC/C(=C\c1ccc(O)cc1)[N+](=O)[O-].O=[N+]([O-])/C(=C/c1ccc(O)cc1)CC1CCCCC1. The van der Waals surface area contributed by atoms with E-state index < -0.39 is 4.92 Å². The number of phenols is 6. The van der Waals surface area contributed by atoms with Crippen molar-refractivity contribution in [2.24, 2.45) is 23.7 Å². The van der Waals surface area contributed by atoms with E-state index in [1.165, 1.54) is 98.2 Å². The van der Waals surface area contributed by atoms with Crippen LogP contribution in [-0.2, 0) is 0 Å². The standard InChI is InChI=1S/C15H19NO3.C14H18ClNO3.C14H19NO3.C13H17NO3.C12H14ClNO3.C10H11NO3/c17-15-8-6-13(7-9-15)11-14(16(18)19)10-12-4-2-1-3-5-12;1-3-4-10(2)7-12(16(18)19)8-11-5-6-14(17)13(15)9-11;1-3-4-11(2)9-13(15(17)18)10-12-5-7-14(16)8-6-12;1-2-3-4-5-12(14(16)17)10-11-6-8-13(15)9-7-11;1-8(2)5-10(14(16)17)6-9-3-4-12(15)11(13)7-9;1-2-9(11(13)14)7-8-3-5-10(12)6-4-8/h6-9,11-12,17H,1-5,10H2;5-6,8-10,17H,3-4,7H2,1-2H3;5-8,10-11,16H,3-4,9H2,1-2H3;6-10,15H,2-5H2,1H3;3-4,6-8,15H,5H2,1-2H3;3-7,12H,2H2,1H3/b14-11+;12-8+;13-10+;12-10+;10-6+;9-7+. The number of hydrogen-bond donors (Lipinski definition) is 6. The monoisotopic (exact) mass is 1480 g/mol. The first kappa shape index (κ1) is 89.6. The zero-order valence-corrected chi connectivity index (χ0v) is 61.7. The van der Waals surface area contributed by atoms with Gasteiger partial charge in [0.05, 0.1) is 39.6 Å². The van der Waals surface area contributed by atoms with Crippen LogP contribution in [0.15, 0.2) is 168 Å². The van der Waals surface area contributed by atoms with Crippen LogP contribution < -0.4 is 0 Å². The molecule has 562 valence electrons. The highest BCUT2D eigenvalue weighted by Crippen LogP contribution is 2.32. The van der Waals surface area contributed by atoms with Crippen molar-refractivity contribution in [3.63, 3.8) is 0 Å². The number of benzene rings is 6. The fourth-order valence-corrected chi connectivity index (χ4v) is 10.9. The van der Waals surface area contributed by atoms with E-state index in [0.29, 0.717) is 61.5 Å². The van der Waals surface area contributed by atoms with Crippen LogP contribution >= 0.6 is 23.2 Å². The van der Waals surface area contributed by atoms with Crippen molar-refractivity contribution >= 4 is 59.7 Å². The molecule has 0 amide bonds. The van der Waals surface area contributed by atoms with E-state index in [1.807, 2.05) is 27.7 Å². The normalized spacial score (nSPS) is 13.3. The van der Waals surface area contributed by atoms with E-state index in [9.17, 15) is 76.0 Å². The Morgan fingerprint density at radius 1 is 0.394 bits per heavy atom. The largest absolute Gasteiger partial charge is 0.508 e. The van der Waals surface area contributed by atoms with Crippen LogP contribution in [0.1, 0.15) is 204 Å². The lowest BCUT2D eigenvalue weighted by molar-refractivity contribution is -0.427. The third-order valence-corrected chi connectivity index (χ3v) is 16.4. The molecule has 26 heteroatoms. The highest BCUT2D eigenvalue weighted by atomic mass is 35.5. The van der Waals surface area contributed by atoms with E-state index in [-0.39, 0.29) is 115 Å². The second-order valence-electron chi connectivity index (χ2n) is 25.5. The molecule has 0 aliphatic heterocycles. The van der Waals surface area contributed by atoms with Crippen molar-refractivity contribution < 1.29 is 60.2 Å². The van der Waals surface area contributed by atoms with Crippen molar-refractivity contribution in [2.45, 2.75) is 171 Å². The predicted molar refractivity (Wildman–Crippen MR) is 411 cm³/mol. The Balaban J connectivity index is 0.000000425. The number of nitrogens with zero attached hydrogens (tertiary/aromatic N) is 6. The van der Waals surface area contributed by atoms with Gasteiger partial charge in [-0.25, -0.2) is 0 Å². The summed E-state index contributed by atoms with van der Waals surface area (Å²) in [5.74, 6) is 1.83. The number of allylic oxidation sites excluding steroid dienone is 6. The molecule has 1 fully saturated rings. The Bertz CT molecular complexity index is 3870. The van der Waals surface area contributed by atoms with Crippen LogP contribution in [0.4, 0.5) is 0 Å². The molecule has 24 nitrogen and oxygen atoms in total. The number of hydrogen-bond acceptors (Lipinski definition) is 18. The fourth-order valence-electron chi connectivity index (χ4n) is 10.5. The van der Waals surface area contributed by atoms with Gasteiger partial charge >= 0.3 is 0 Å². The molecule has 6 aromatic carbocycles. The smallest absolute Gasteiger partial charge is 0.247 e. The Morgan fingerprint density at radius 3 is 0.990 bits per heavy atom. The lowest BCUT2D eigenvalue weighted by Gasteiger charge is -2.20. The van der Waals surface area contributed by atoms with E-state index in [1.54, 1.807) is 97.9 Å². The number of halogens is 2. The van der Waals surface area contributed by atoms with Crippen LogP contribution in [0.2, 0.25) is 10.0 Å². The molecule has 1 saturated carbocycles. The molecule has 7 rings (SSSR count). The molecule has 2 unspecified atom stereocenters. The van der Waals surface area contributed by atoms with E-state index in [4.69, 9.17) is 38.5 Å². The van der Waals surface area contributed by atoms with Gasteiger partial charge in [-0.3, -0.25) is 60.7 Å². The summed E-state index contributed by atoms with van der Waals surface area (Å²) >= 11 is 11.5. The molecule has 0 saturated heterocycles. The summed E-state index contributed by atoms with van der Waals surface area (Å²) in [6.45, 7) is 15.8. The van der Waals surface area contributed by atoms with Crippen LogP contribution in [0.3, 0.4) is 0 Å². The quantitative estimate of drug-likeness (QED) is 0.0144. The first-order chi connectivity index (χ1) is 49.3. The van der Waals surface area contributed by atoms with Crippen LogP contribution in [0.25, 0.3) is 36.5 Å². The Hall–Kier alpha value is -10.5. The van der Waals surface area contributed by atoms with E-state index in [2.05, 4.69) is 20.8 Å². The van der Waals surface area contributed by atoms with Gasteiger partial charge in [0.15, 0.2) is 0 Å². The van der Waals surface area contributed by atoms with Crippen molar-refractivity contribution in [3.05, 3.63) is 272 Å². The van der Waals surface area contributed by atoms with Gasteiger partial charge in [-0.15, -0.1) is 0 Å². The minimum absolute atomic E-state index is 0.0270. The number of unbranched alkanes of at least 4 members (excludes halogenated alkanes) is 2. The molecule has 0 bridgehead atoms. The lowest BCUT2D eigenvalue weighted by atomic mass is 9.86. The predicted octanol–water partition coefficient (Wildman–Crippen LogP) is 22.0. The summed E-state index contributed by atoms with van der Waals surface area (Å²) in [5, 5.41) is 121. The lowest BCUT2D eigenvalue weighted by Crippen LogP contribution is -2.10. The molecule has 0 radical (unpaired) electrons. The van der Waals surface area contributed by atoms with Crippen LogP contribution in [0.5, 0.6) is 34.5 Å². The zero-order valence-electron chi connectivity index (χ0n) is 60.2. The summed E-state index contributed by atoms with van der Waals surface area (Å²) in [5.41, 5.74) is 5.40. The average Bonchev–Trinajstić information content (AvgIpc) is 0.953. The summed E-state index contributed by atoms with van der Waals surface area (Å²) < 4.78 is 0. The number of aromatic hydroxyl groups is 6. The molecule has 6 aromatic rings. The Labute approximate surface area is 617 Å². The zero-order chi connectivity index (χ0) is 77.8. The third-order valence-electron chi connectivity index (χ3n) is 15.8. The molecule has 1 aliphatic carbocycles. The molecular formula is C78H98Cl2N6O18. The maximum Gasteiger partial charge on any atom is 0.247 e. The van der Waals surface area contributed by atoms with Gasteiger partial charge < -0.3 is 30.6 Å².